The van der Waals surface area contributed by atoms with Gasteiger partial charge in [-0.25, -0.2) is 0 Å². The molecule has 0 aromatic heterocycles. The van der Waals surface area contributed by atoms with Gasteiger partial charge in [0.25, 0.3) is 0 Å². The van der Waals surface area contributed by atoms with E-state index in [0.717, 1.165) is 34.5 Å². The standard InChI is InChI=1S/C14H17N3/c1-10-5-6-13(11(2)14(10)15)17-9-12-4-3-7-16-8-12/h3,5-9,17H,4,15H2,1-2H3. The Morgan fingerprint density at radius 2 is 2.18 bits per heavy atom. The van der Waals surface area contributed by atoms with Crippen molar-refractivity contribution in [1.82, 2.24) is 0 Å². The van der Waals surface area contributed by atoms with E-state index in [1.807, 2.05) is 50.7 Å². The number of nitrogens with zero attached hydrogens (tertiary/aromatic N) is 1. The molecular weight excluding hydrogens is 210 g/mol. The molecule has 0 spiro atoms. The molecule has 3 heteroatoms. The van der Waals surface area contributed by atoms with Crippen LogP contribution in [-0.4, -0.2) is 6.21 Å². The van der Waals surface area contributed by atoms with Crippen LogP contribution in [0.4, 0.5) is 11.4 Å². The van der Waals surface area contributed by atoms with Crippen LogP contribution in [-0.2, 0) is 0 Å². The van der Waals surface area contributed by atoms with E-state index in [4.69, 9.17) is 5.73 Å². The number of allylic oxidation sites excluding steroid dienone is 2. The maximum absolute atomic E-state index is 5.99. The van der Waals surface area contributed by atoms with Crippen molar-refractivity contribution in [2.45, 2.75) is 20.3 Å². The van der Waals surface area contributed by atoms with Gasteiger partial charge < -0.3 is 11.1 Å². The predicted molar refractivity (Wildman–Crippen MR) is 74.3 cm³/mol. The summed E-state index contributed by atoms with van der Waals surface area (Å²) in [7, 11) is 0. The van der Waals surface area contributed by atoms with Crippen molar-refractivity contribution in [3.8, 4) is 0 Å². The molecule has 0 amide bonds. The summed E-state index contributed by atoms with van der Waals surface area (Å²) in [6.45, 7) is 4.04. The summed E-state index contributed by atoms with van der Waals surface area (Å²) in [6, 6.07) is 4.08. The molecule has 88 valence electrons. The zero-order valence-electron chi connectivity index (χ0n) is 10.2. The summed E-state index contributed by atoms with van der Waals surface area (Å²) in [5.74, 6) is 0. The number of nitrogens with one attached hydrogen (secondary N) is 1. The number of anilines is 2. The number of aliphatic imine (C=N–C) groups is 1. The van der Waals surface area contributed by atoms with Gasteiger partial charge in [0.05, 0.1) is 0 Å². The maximum atomic E-state index is 5.99. The number of aryl methyl sites for hydroxylation is 1. The molecule has 0 saturated carbocycles. The highest BCUT2D eigenvalue weighted by atomic mass is 14.9. The summed E-state index contributed by atoms with van der Waals surface area (Å²) in [5.41, 5.74) is 11.3. The van der Waals surface area contributed by atoms with E-state index in [0.29, 0.717) is 0 Å². The minimum atomic E-state index is 0.852. The Kier molecular flexibility index (Phi) is 3.28. The summed E-state index contributed by atoms with van der Waals surface area (Å²) < 4.78 is 0. The van der Waals surface area contributed by atoms with Crippen LogP contribution < -0.4 is 11.1 Å². The molecule has 0 aliphatic carbocycles. The fourth-order valence-corrected chi connectivity index (χ4v) is 1.73. The second-order valence-corrected chi connectivity index (χ2v) is 4.20. The normalized spacial score (nSPS) is 16.5. The highest BCUT2D eigenvalue weighted by Crippen LogP contribution is 2.24. The number of nitrogen functional groups attached to an aromatic ring is 1. The minimum absolute atomic E-state index is 0.852. The zero-order valence-corrected chi connectivity index (χ0v) is 10.2. The molecule has 1 aliphatic rings. The fourth-order valence-electron chi connectivity index (χ4n) is 1.73. The number of nitrogens with two attached hydrogens (primary N) is 1. The van der Waals surface area contributed by atoms with Gasteiger partial charge in [-0.2, -0.15) is 0 Å². The second-order valence-electron chi connectivity index (χ2n) is 4.20. The summed E-state index contributed by atoms with van der Waals surface area (Å²) in [5, 5.41) is 3.28. The lowest BCUT2D eigenvalue weighted by Gasteiger charge is -2.11. The monoisotopic (exact) mass is 227 g/mol. The quantitative estimate of drug-likeness (QED) is 0.762. The van der Waals surface area contributed by atoms with Crippen LogP contribution in [0.5, 0.6) is 0 Å². The predicted octanol–water partition coefficient (Wildman–Crippen LogP) is 3.17. The smallest absolute Gasteiger partial charge is 0.0430 e. The maximum Gasteiger partial charge on any atom is 0.0430 e. The Morgan fingerprint density at radius 1 is 1.35 bits per heavy atom. The van der Waals surface area contributed by atoms with Gasteiger partial charge in [-0.3, -0.25) is 4.99 Å². The topological polar surface area (TPSA) is 50.4 Å². The average molecular weight is 227 g/mol. The SMILES string of the molecule is Cc1ccc(NC=C2C=NC=CC2)c(C)c1N. The Balaban J connectivity index is 2.17. The molecule has 1 aliphatic heterocycles. The highest BCUT2D eigenvalue weighted by Gasteiger charge is 2.03. The minimum Gasteiger partial charge on any atom is -0.398 e. The number of hydrogen-bond acceptors (Lipinski definition) is 3. The molecular formula is C14H17N3. The van der Waals surface area contributed by atoms with E-state index in [1.54, 1.807) is 0 Å². The van der Waals surface area contributed by atoms with Gasteiger partial charge in [0, 0.05) is 30.0 Å². The largest absolute Gasteiger partial charge is 0.398 e. The van der Waals surface area contributed by atoms with Crippen molar-refractivity contribution in [3.63, 3.8) is 0 Å². The van der Waals surface area contributed by atoms with Crippen molar-refractivity contribution in [1.29, 1.82) is 0 Å². The molecule has 1 aromatic rings. The van der Waals surface area contributed by atoms with Crippen LogP contribution in [0.3, 0.4) is 0 Å². The van der Waals surface area contributed by atoms with Crippen molar-refractivity contribution in [2.75, 3.05) is 11.1 Å². The Labute approximate surface area is 102 Å². The van der Waals surface area contributed by atoms with Crippen LogP contribution in [0.1, 0.15) is 17.5 Å². The molecule has 0 fully saturated rings. The van der Waals surface area contributed by atoms with Crippen LogP contribution in [0, 0.1) is 13.8 Å². The average Bonchev–Trinajstić information content (AvgIpc) is 2.36. The van der Waals surface area contributed by atoms with Crippen molar-refractivity contribution in [2.24, 2.45) is 4.99 Å². The highest BCUT2D eigenvalue weighted by molar-refractivity contribution is 5.81. The van der Waals surface area contributed by atoms with Gasteiger partial charge in [-0.15, -0.1) is 0 Å². The Morgan fingerprint density at radius 3 is 2.88 bits per heavy atom. The van der Waals surface area contributed by atoms with Crippen molar-refractivity contribution >= 4 is 17.6 Å². The first-order valence-corrected chi connectivity index (χ1v) is 5.68. The van der Waals surface area contributed by atoms with Gasteiger partial charge >= 0.3 is 0 Å². The van der Waals surface area contributed by atoms with E-state index in [1.165, 1.54) is 0 Å². The van der Waals surface area contributed by atoms with Crippen molar-refractivity contribution < 1.29 is 0 Å². The molecule has 3 nitrogen and oxygen atoms in total. The summed E-state index contributed by atoms with van der Waals surface area (Å²) >= 11 is 0. The van der Waals surface area contributed by atoms with Gasteiger partial charge in [0.1, 0.15) is 0 Å². The molecule has 0 bridgehead atoms. The molecule has 0 saturated heterocycles. The number of hydrogen-bond donors (Lipinski definition) is 2. The first-order chi connectivity index (χ1) is 8.18. The molecule has 0 unspecified atom stereocenters. The molecule has 1 heterocycles. The zero-order chi connectivity index (χ0) is 12.3. The van der Waals surface area contributed by atoms with Gasteiger partial charge in [-0.1, -0.05) is 12.1 Å². The van der Waals surface area contributed by atoms with Crippen molar-refractivity contribution in [3.05, 3.63) is 47.3 Å². The van der Waals surface area contributed by atoms with Gasteiger partial charge in [0.2, 0.25) is 0 Å². The lowest BCUT2D eigenvalue weighted by molar-refractivity contribution is 1.26. The van der Waals surface area contributed by atoms with Gasteiger partial charge in [0.15, 0.2) is 0 Å². The third-order valence-electron chi connectivity index (χ3n) is 2.93. The molecule has 1 aromatic carbocycles. The van der Waals surface area contributed by atoms with Crippen LogP contribution >= 0.6 is 0 Å². The molecule has 0 atom stereocenters. The van der Waals surface area contributed by atoms with Crippen LogP contribution in [0.2, 0.25) is 0 Å². The molecule has 17 heavy (non-hydrogen) atoms. The lowest BCUT2D eigenvalue weighted by atomic mass is 10.1. The number of rotatable bonds is 2. The fraction of sp³-hybridized carbons (Fsp3) is 0.214. The van der Waals surface area contributed by atoms with E-state index >= 15 is 0 Å². The van der Waals surface area contributed by atoms with Gasteiger partial charge in [-0.05, 0) is 43.0 Å². The Hall–Kier alpha value is -2.03. The van der Waals surface area contributed by atoms with E-state index in [2.05, 4.69) is 10.3 Å². The molecule has 0 radical (unpaired) electrons. The first kappa shape index (κ1) is 11.5. The third kappa shape index (κ3) is 2.56. The van der Waals surface area contributed by atoms with E-state index < -0.39 is 0 Å². The van der Waals surface area contributed by atoms with E-state index in [-0.39, 0.29) is 0 Å². The summed E-state index contributed by atoms with van der Waals surface area (Å²) in [6.07, 6.45) is 8.59. The second kappa shape index (κ2) is 4.87. The lowest BCUT2D eigenvalue weighted by Crippen LogP contribution is -2.00. The third-order valence-corrected chi connectivity index (χ3v) is 2.93. The molecule has 2 rings (SSSR count). The van der Waals surface area contributed by atoms with E-state index in [9.17, 15) is 0 Å². The number of benzene rings is 1. The Bertz CT molecular complexity index is 510. The summed E-state index contributed by atoms with van der Waals surface area (Å²) in [4.78, 5) is 4.09. The molecule has 3 N–H and O–H groups in total. The van der Waals surface area contributed by atoms with Crippen LogP contribution in [0.15, 0.2) is 41.2 Å². The first-order valence-electron chi connectivity index (χ1n) is 5.68. The van der Waals surface area contributed by atoms with Crippen LogP contribution in [0.25, 0.3) is 0 Å².